The summed E-state index contributed by atoms with van der Waals surface area (Å²) in [5.74, 6) is 1.27. The quantitative estimate of drug-likeness (QED) is 0.404. The summed E-state index contributed by atoms with van der Waals surface area (Å²) in [5, 5.41) is 0.216. The molecule has 0 spiro atoms. The molecule has 3 heterocycles. The van der Waals surface area contributed by atoms with Crippen LogP contribution in [0, 0.1) is 0 Å². The molecule has 0 amide bonds. The molecule has 0 radical (unpaired) electrons. The van der Waals surface area contributed by atoms with E-state index in [4.69, 9.17) is 13.6 Å². The Morgan fingerprint density at radius 3 is 2.61 bits per heavy atom. The smallest absolute Gasteiger partial charge is 0.269 e. The van der Waals surface area contributed by atoms with Gasteiger partial charge in [-0.05, 0) is 36.2 Å². The first-order chi connectivity index (χ1) is 15.2. The molecular weight excluding hydrogens is 396 g/mol. The predicted octanol–water partition coefficient (Wildman–Crippen LogP) is 4.01. The summed E-state index contributed by atoms with van der Waals surface area (Å²) >= 11 is 0. The third kappa shape index (κ3) is 3.30. The molecule has 2 aromatic carbocycles. The Morgan fingerprint density at radius 2 is 1.87 bits per heavy atom. The highest BCUT2D eigenvalue weighted by Crippen LogP contribution is 2.23. The molecule has 7 heteroatoms. The molecule has 0 unspecified atom stereocenters. The molecule has 3 aromatic heterocycles. The van der Waals surface area contributed by atoms with Gasteiger partial charge in [0, 0.05) is 12.6 Å². The van der Waals surface area contributed by atoms with E-state index in [1.165, 1.54) is 17.9 Å². The zero-order valence-electron chi connectivity index (χ0n) is 16.7. The molecule has 0 aliphatic rings. The van der Waals surface area contributed by atoms with Crippen molar-refractivity contribution in [3.63, 3.8) is 0 Å². The van der Waals surface area contributed by atoms with Crippen LogP contribution in [0.2, 0.25) is 0 Å². The lowest BCUT2D eigenvalue weighted by molar-refractivity contribution is 0.414. The van der Waals surface area contributed by atoms with Crippen LogP contribution in [0.4, 0.5) is 0 Å². The van der Waals surface area contributed by atoms with Gasteiger partial charge in [-0.15, -0.1) is 0 Å². The van der Waals surface area contributed by atoms with Gasteiger partial charge >= 0.3 is 0 Å². The Bertz CT molecular complexity index is 1500. The van der Waals surface area contributed by atoms with E-state index in [1.54, 1.807) is 30.3 Å². The van der Waals surface area contributed by atoms with Crippen LogP contribution in [0.3, 0.4) is 0 Å². The number of aromatic nitrogens is 2. The molecule has 0 aliphatic heterocycles. The minimum Gasteiger partial charge on any atom is -0.497 e. The maximum Gasteiger partial charge on any atom is 0.269 e. The fourth-order valence-electron chi connectivity index (χ4n) is 3.63. The van der Waals surface area contributed by atoms with Crippen molar-refractivity contribution in [1.29, 1.82) is 0 Å². The monoisotopic (exact) mass is 414 g/mol. The summed E-state index contributed by atoms with van der Waals surface area (Å²) in [5.41, 5.74) is 0.460. The van der Waals surface area contributed by atoms with E-state index < -0.39 is 11.0 Å². The standard InChI is InChI=1S/C24H18N2O5/c1-29-16-9-10-17-19(14-16)31-23-20(21(17)27)24(28)26(12-11-15-6-3-2-4-7-15)22(25-23)18-8-5-13-30-18/h2-10,13-14H,11-12H2,1H3. The lowest BCUT2D eigenvalue weighted by atomic mass is 10.1. The highest BCUT2D eigenvalue weighted by atomic mass is 16.5. The Morgan fingerprint density at radius 1 is 1.03 bits per heavy atom. The summed E-state index contributed by atoms with van der Waals surface area (Å²) in [6.07, 6.45) is 2.10. The number of ether oxygens (including phenoxy) is 1. The first-order valence-electron chi connectivity index (χ1n) is 9.79. The van der Waals surface area contributed by atoms with E-state index in [0.717, 1.165) is 5.56 Å². The molecular formula is C24H18N2O5. The van der Waals surface area contributed by atoms with Crippen molar-refractivity contribution in [1.82, 2.24) is 9.55 Å². The van der Waals surface area contributed by atoms with Crippen LogP contribution >= 0.6 is 0 Å². The minimum atomic E-state index is -0.459. The molecule has 0 atom stereocenters. The Kier molecular flexibility index (Phi) is 4.63. The molecule has 0 fully saturated rings. The molecule has 31 heavy (non-hydrogen) atoms. The fourth-order valence-corrected chi connectivity index (χ4v) is 3.63. The number of hydrogen-bond donors (Lipinski definition) is 0. The van der Waals surface area contributed by atoms with E-state index in [-0.39, 0.29) is 11.1 Å². The highest BCUT2D eigenvalue weighted by Gasteiger charge is 2.20. The van der Waals surface area contributed by atoms with Crippen molar-refractivity contribution in [3.05, 3.63) is 93.1 Å². The molecule has 0 saturated carbocycles. The topological polar surface area (TPSA) is 87.5 Å². The average Bonchev–Trinajstić information content (AvgIpc) is 3.33. The van der Waals surface area contributed by atoms with Crippen molar-refractivity contribution in [2.24, 2.45) is 0 Å². The second-order valence-corrected chi connectivity index (χ2v) is 7.08. The molecule has 5 rings (SSSR count). The minimum absolute atomic E-state index is 0.0295. The van der Waals surface area contributed by atoms with Gasteiger partial charge in [-0.25, -0.2) is 0 Å². The number of methoxy groups -OCH3 is 1. The van der Waals surface area contributed by atoms with Gasteiger partial charge in [0.2, 0.25) is 11.1 Å². The number of fused-ring (bicyclic) bond motifs is 2. The predicted molar refractivity (Wildman–Crippen MR) is 116 cm³/mol. The number of rotatable bonds is 5. The largest absolute Gasteiger partial charge is 0.497 e. The second kappa shape index (κ2) is 7.60. The van der Waals surface area contributed by atoms with Crippen LogP contribution < -0.4 is 15.7 Å². The maximum absolute atomic E-state index is 13.4. The number of aryl methyl sites for hydroxylation is 1. The summed E-state index contributed by atoms with van der Waals surface area (Å²) in [7, 11) is 1.53. The van der Waals surface area contributed by atoms with E-state index in [1.807, 2.05) is 30.3 Å². The van der Waals surface area contributed by atoms with E-state index in [9.17, 15) is 9.59 Å². The molecule has 0 bridgehead atoms. The lowest BCUT2D eigenvalue weighted by Gasteiger charge is -2.12. The average molecular weight is 414 g/mol. The van der Waals surface area contributed by atoms with Gasteiger partial charge < -0.3 is 13.6 Å². The fraction of sp³-hybridized carbons (Fsp3) is 0.125. The SMILES string of the molecule is COc1ccc2c(=O)c3c(=O)n(CCc4ccccc4)c(-c4ccco4)nc3oc2c1. The molecule has 5 aromatic rings. The van der Waals surface area contributed by atoms with Crippen LogP contribution in [0.25, 0.3) is 33.7 Å². The van der Waals surface area contributed by atoms with Crippen LogP contribution in [-0.2, 0) is 13.0 Å². The van der Waals surface area contributed by atoms with Crippen molar-refractivity contribution in [2.75, 3.05) is 7.11 Å². The first kappa shape index (κ1) is 18.9. The van der Waals surface area contributed by atoms with Gasteiger partial charge in [-0.2, -0.15) is 4.98 Å². The zero-order chi connectivity index (χ0) is 21.4. The van der Waals surface area contributed by atoms with Gasteiger partial charge in [0.15, 0.2) is 17.0 Å². The third-order valence-electron chi connectivity index (χ3n) is 5.21. The van der Waals surface area contributed by atoms with Crippen molar-refractivity contribution in [2.45, 2.75) is 13.0 Å². The van der Waals surface area contributed by atoms with Crippen LogP contribution in [0.5, 0.6) is 5.75 Å². The second-order valence-electron chi connectivity index (χ2n) is 7.08. The van der Waals surface area contributed by atoms with Gasteiger partial charge in [0.25, 0.3) is 5.56 Å². The zero-order valence-corrected chi connectivity index (χ0v) is 16.7. The molecule has 0 aliphatic carbocycles. The van der Waals surface area contributed by atoms with Crippen LogP contribution in [0.15, 0.2) is 85.4 Å². The number of furan rings is 1. The van der Waals surface area contributed by atoms with Crippen LogP contribution in [0.1, 0.15) is 5.56 Å². The molecule has 0 N–H and O–H groups in total. The van der Waals surface area contributed by atoms with Gasteiger partial charge in [0.1, 0.15) is 11.3 Å². The molecule has 0 saturated heterocycles. The van der Waals surface area contributed by atoms with Crippen molar-refractivity contribution in [3.8, 4) is 17.3 Å². The van der Waals surface area contributed by atoms with Crippen molar-refractivity contribution < 1.29 is 13.6 Å². The number of benzene rings is 2. The number of nitrogens with zero attached hydrogens (tertiary/aromatic N) is 2. The summed E-state index contributed by atoms with van der Waals surface area (Å²) in [6.45, 7) is 0.335. The summed E-state index contributed by atoms with van der Waals surface area (Å²) < 4.78 is 18.1. The first-order valence-corrected chi connectivity index (χ1v) is 9.79. The van der Waals surface area contributed by atoms with E-state index in [2.05, 4.69) is 4.98 Å². The van der Waals surface area contributed by atoms with Gasteiger partial charge in [-0.3, -0.25) is 14.2 Å². The van der Waals surface area contributed by atoms with Crippen molar-refractivity contribution >= 4 is 22.1 Å². The summed E-state index contributed by atoms with van der Waals surface area (Å²) in [6, 6.07) is 18.1. The number of hydrogen-bond acceptors (Lipinski definition) is 6. The lowest BCUT2D eigenvalue weighted by Crippen LogP contribution is -2.28. The van der Waals surface area contributed by atoms with E-state index in [0.29, 0.717) is 41.3 Å². The Hall–Kier alpha value is -4.13. The molecule has 7 nitrogen and oxygen atoms in total. The maximum atomic E-state index is 13.4. The van der Waals surface area contributed by atoms with E-state index >= 15 is 0 Å². The Balaban J connectivity index is 1.76. The summed E-state index contributed by atoms with van der Waals surface area (Å²) in [4.78, 5) is 31.1. The van der Waals surface area contributed by atoms with Gasteiger partial charge in [-0.1, -0.05) is 30.3 Å². The Labute approximate surface area is 176 Å². The third-order valence-corrected chi connectivity index (χ3v) is 5.21. The normalized spacial score (nSPS) is 11.3. The van der Waals surface area contributed by atoms with Gasteiger partial charge in [0.05, 0.1) is 18.8 Å². The highest BCUT2D eigenvalue weighted by molar-refractivity contribution is 5.88. The van der Waals surface area contributed by atoms with Crippen LogP contribution in [-0.4, -0.2) is 16.7 Å². The molecule has 154 valence electrons.